The number of aryl methyl sites for hydroxylation is 4. The minimum Gasteiger partial charge on any atom is -0.507 e. The molecule has 2 heteroatoms. The number of benzene rings is 6. The Labute approximate surface area is 254 Å². The van der Waals surface area contributed by atoms with E-state index in [1.54, 1.807) is 0 Å². The number of rotatable bonds is 6. The molecule has 2 N–H and O–H groups in total. The molecular weight excluding hydrogens is 524 g/mol. The number of aromatic hydroxyl groups is 2. The second-order valence-corrected chi connectivity index (χ2v) is 11.6. The summed E-state index contributed by atoms with van der Waals surface area (Å²) in [5, 5.41) is 22.3. The van der Waals surface area contributed by atoms with Crippen molar-refractivity contribution in [3.63, 3.8) is 0 Å². The zero-order chi connectivity index (χ0) is 30.1. The second-order valence-electron chi connectivity index (χ2n) is 11.6. The van der Waals surface area contributed by atoms with Crippen LogP contribution >= 0.6 is 0 Å². The minimum absolute atomic E-state index is 0.237. The average molecular weight is 561 g/mol. The first-order valence-electron chi connectivity index (χ1n) is 14.7. The Morgan fingerprint density at radius 3 is 1.19 bits per heavy atom. The van der Waals surface area contributed by atoms with Gasteiger partial charge in [0.15, 0.2) is 0 Å². The van der Waals surface area contributed by atoms with Gasteiger partial charge in [-0.05, 0) is 96.5 Å². The number of phenols is 2. The van der Waals surface area contributed by atoms with Crippen molar-refractivity contribution in [1.82, 2.24) is 0 Å². The maximum absolute atomic E-state index is 11.1. The lowest BCUT2D eigenvalue weighted by atomic mass is 9.62. The normalized spacial score (nSPS) is 11.4. The van der Waals surface area contributed by atoms with E-state index >= 15 is 0 Å². The van der Waals surface area contributed by atoms with Crippen LogP contribution in [0.2, 0.25) is 0 Å². The van der Waals surface area contributed by atoms with Gasteiger partial charge in [-0.3, -0.25) is 0 Å². The van der Waals surface area contributed by atoms with Crippen LogP contribution in [0.25, 0.3) is 22.3 Å². The van der Waals surface area contributed by atoms with E-state index < -0.39 is 5.41 Å². The molecule has 43 heavy (non-hydrogen) atoms. The van der Waals surface area contributed by atoms with Crippen LogP contribution in [-0.4, -0.2) is 10.2 Å². The summed E-state index contributed by atoms with van der Waals surface area (Å²) in [7, 11) is 0. The van der Waals surface area contributed by atoms with E-state index in [0.717, 1.165) is 44.5 Å². The molecule has 0 saturated carbocycles. The highest BCUT2D eigenvalue weighted by Crippen LogP contribution is 2.50. The molecule has 0 spiro atoms. The van der Waals surface area contributed by atoms with Gasteiger partial charge in [0.1, 0.15) is 11.5 Å². The summed E-state index contributed by atoms with van der Waals surface area (Å²) < 4.78 is 0. The fraction of sp³-hybridized carbons (Fsp3) is 0.122. The monoisotopic (exact) mass is 560 g/mol. The van der Waals surface area contributed by atoms with Gasteiger partial charge >= 0.3 is 0 Å². The summed E-state index contributed by atoms with van der Waals surface area (Å²) in [6, 6.07) is 45.4. The van der Waals surface area contributed by atoms with Crippen molar-refractivity contribution in [2.24, 2.45) is 0 Å². The molecule has 0 heterocycles. The third-order valence-corrected chi connectivity index (χ3v) is 8.60. The molecule has 0 aliphatic carbocycles. The van der Waals surface area contributed by atoms with Crippen LogP contribution in [-0.2, 0) is 5.41 Å². The van der Waals surface area contributed by atoms with Crippen LogP contribution in [0.4, 0.5) is 0 Å². The summed E-state index contributed by atoms with van der Waals surface area (Å²) in [6.07, 6.45) is 0. The Kier molecular flexibility index (Phi) is 7.38. The van der Waals surface area contributed by atoms with Gasteiger partial charge in [0.2, 0.25) is 0 Å². The van der Waals surface area contributed by atoms with Crippen molar-refractivity contribution in [1.29, 1.82) is 0 Å². The van der Waals surface area contributed by atoms with E-state index in [0.29, 0.717) is 0 Å². The molecule has 6 aromatic carbocycles. The SMILES string of the molecule is Cc1ccc(C(c2ccc(O)c(-c3ccccc3)c2)(c2ccc(O)c(-c3ccccc3)c2)c2ccc(C)cc2C)c(C)c1. The van der Waals surface area contributed by atoms with E-state index in [1.165, 1.54) is 22.3 Å². The molecule has 0 fully saturated rings. The molecule has 0 amide bonds. The summed E-state index contributed by atoms with van der Waals surface area (Å²) in [5.74, 6) is 0.474. The molecule has 6 aromatic rings. The van der Waals surface area contributed by atoms with Gasteiger partial charge < -0.3 is 10.2 Å². The fourth-order valence-electron chi connectivity index (χ4n) is 6.64. The van der Waals surface area contributed by atoms with Gasteiger partial charge in [0.25, 0.3) is 0 Å². The topological polar surface area (TPSA) is 40.5 Å². The fourth-order valence-corrected chi connectivity index (χ4v) is 6.64. The smallest absolute Gasteiger partial charge is 0.123 e. The van der Waals surface area contributed by atoms with Crippen molar-refractivity contribution >= 4 is 0 Å². The Balaban J connectivity index is 1.79. The zero-order valence-electron chi connectivity index (χ0n) is 25.1. The number of hydrogen-bond acceptors (Lipinski definition) is 2. The first-order valence-corrected chi connectivity index (χ1v) is 14.7. The predicted molar refractivity (Wildman–Crippen MR) is 178 cm³/mol. The first-order chi connectivity index (χ1) is 20.8. The molecule has 0 bridgehead atoms. The summed E-state index contributed by atoms with van der Waals surface area (Å²) >= 11 is 0. The maximum atomic E-state index is 11.1. The quantitative estimate of drug-likeness (QED) is 0.199. The standard InChI is InChI=1S/C41H36O2/c1-27-15-19-37(29(3)23-27)41(38-20-16-28(2)24-30(38)4,33-17-21-39(42)35(25-33)31-11-7-5-8-12-31)34-18-22-40(43)36(26-34)32-13-9-6-10-14-32/h5-26,42-43H,1-4H3. The highest BCUT2D eigenvalue weighted by Gasteiger charge is 2.41. The average Bonchev–Trinajstić information content (AvgIpc) is 3.01. The Hall–Kier alpha value is -5.08. The van der Waals surface area contributed by atoms with Crippen LogP contribution < -0.4 is 0 Å². The van der Waals surface area contributed by atoms with Crippen LogP contribution in [0.5, 0.6) is 11.5 Å². The van der Waals surface area contributed by atoms with Gasteiger partial charge in [0, 0.05) is 11.1 Å². The third kappa shape index (κ3) is 5.00. The molecule has 0 unspecified atom stereocenters. The molecule has 0 saturated heterocycles. The van der Waals surface area contributed by atoms with Crippen molar-refractivity contribution in [3.8, 4) is 33.8 Å². The van der Waals surface area contributed by atoms with Gasteiger partial charge in [-0.1, -0.05) is 120 Å². The summed E-state index contributed by atoms with van der Waals surface area (Å²) in [5.41, 5.74) is 11.8. The van der Waals surface area contributed by atoms with E-state index in [9.17, 15) is 10.2 Å². The van der Waals surface area contributed by atoms with Gasteiger partial charge in [-0.25, -0.2) is 0 Å². The van der Waals surface area contributed by atoms with Crippen molar-refractivity contribution in [2.45, 2.75) is 33.1 Å². The lowest BCUT2D eigenvalue weighted by Gasteiger charge is -2.39. The van der Waals surface area contributed by atoms with Gasteiger partial charge in [-0.15, -0.1) is 0 Å². The van der Waals surface area contributed by atoms with Crippen LogP contribution in [0, 0.1) is 27.7 Å². The lowest BCUT2D eigenvalue weighted by Crippen LogP contribution is -2.33. The van der Waals surface area contributed by atoms with E-state index in [2.05, 4.69) is 88.4 Å². The van der Waals surface area contributed by atoms with Crippen molar-refractivity contribution in [3.05, 3.63) is 178 Å². The predicted octanol–water partition coefficient (Wildman–Crippen LogP) is 10.0. The van der Waals surface area contributed by atoms with E-state index in [1.807, 2.05) is 72.8 Å². The van der Waals surface area contributed by atoms with Crippen LogP contribution in [0.15, 0.2) is 133 Å². The summed E-state index contributed by atoms with van der Waals surface area (Å²) in [4.78, 5) is 0. The zero-order valence-corrected chi connectivity index (χ0v) is 25.1. The lowest BCUT2D eigenvalue weighted by molar-refractivity contribution is 0.476. The Bertz CT molecular complexity index is 1780. The highest BCUT2D eigenvalue weighted by atomic mass is 16.3. The Morgan fingerprint density at radius 1 is 0.419 bits per heavy atom. The molecule has 2 nitrogen and oxygen atoms in total. The van der Waals surface area contributed by atoms with Crippen LogP contribution in [0.1, 0.15) is 44.5 Å². The van der Waals surface area contributed by atoms with Gasteiger partial charge in [-0.2, -0.15) is 0 Å². The summed E-state index contributed by atoms with van der Waals surface area (Å²) in [6.45, 7) is 8.60. The molecule has 212 valence electrons. The molecule has 0 aliphatic heterocycles. The Morgan fingerprint density at radius 2 is 0.814 bits per heavy atom. The molecule has 0 atom stereocenters. The maximum Gasteiger partial charge on any atom is 0.123 e. The molecule has 0 aromatic heterocycles. The number of phenolic OH excluding ortho intramolecular Hbond substituents is 2. The van der Waals surface area contributed by atoms with Gasteiger partial charge in [0.05, 0.1) is 5.41 Å². The molecular formula is C41H36O2. The molecule has 6 rings (SSSR count). The minimum atomic E-state index is -0.760. The van der Waals surface area contributed by atoms with Crippen molar-refractivity contribution < 1.29 is 10.2 Å². The largest absolute Gasteiger partial charge is 0.507 e. The number of hydrogen-bond donors (Lipinski definition) is 2. The third-order valence-electron chi connectivity index (χ3n) is 8.60. The first kappa shape index (κ1) is 28.1. The molecule has 0 radical (unpaired) electrons. The van der Waals surface area contributed by atoms with Crippen molar-refractivity contribution in [2.75, 3.05) is 0 Å². The second kappa shape index (κ2) is 11.3. The highest BCUT2D eigenvalue weighted by molar-refractivity contribution is 5.77. The van der Waals surface area contributed by atoms with E-state index in [4.69, 9.17) is 0 Å². The van der Waals surface area contributed by atoms with Crippen LogP contribution in [0.3, 0.4) is 0 Å². The molecule has 0 aliphatic rings. The van der Waals surface area contributed by atoms with E-state index in [-0.39, 0.29) is 11.5 Å².